The van der Waals surface area contributed by atoms with E-state index in [9.17, 15) is 0 Å². The van der Waals surface area contributed by atoms with E-state index >= 15 is 0 Å². The van der Waals surface area contributed by atoms with Crippen molar-refractivity contribution in [2.24, 2.45) is 10.7 Å². The Balaban J connectivity index is 4.40. The molecular formula is C14H29N5O. The zero-order valence-corrected chi connectivity index (χ0v) is 13.3. The molecule has 0 saturated heterocycles. The molecule has 0 aliphatic heterocycles. The van der Waals surface area contributed by atoms with Crippen LogP contribution >= 0.6 is 0 Å². The van der Waals surface area contributed by atoms with Crippen molar-refractivity contribution in [3.63, 3.8) is 0 Å². The molecule has 6 heteroatoms. The van der Waals surface area contributed by atoms with E-state index in [2.05, 4.69) is 34.5 Å². The molecule has 0 saturated carbocycles. The molecule has 0 heterocycles. The van der Waals surface area contributed by atoms with Gasteiger partial charge in [-0.2, -0.15) is 5.48 Å². The number of hydrogen-bond acceptors (Lipinski definition) is 5. The number of likely N-dealkylation sites (N-methyl/N-ethyl adjacent to an activating group) is 1. The molecule has 0 radical (unpaired) electrons. The summed E-state index contributed by atoms with van der Waals surface area (Å²) in [6.07, 6.45) is 7.02. The van der Waals surface area contributed by atoms with Crippen molar-refractivity contribution < 1.29 is 4.84 Å². The lowest BCUT2D eigenvalue weighted by Crippen LogP contribution is -2.37. The predicted octanol–water partition coefficient (Wildman–Crippen LogP) is 0.840. The van der Waals surface area contributed by atoms with E-state index in [1.54, 1.807) is 7.05 Å². The first-order chi connectivity index (χ1) is 9.51. The highest BCUT2D eigenvalue weighted by molar-refractivity contribution is 5.51. The van der Waals surface area contributed by atoms with Crippen LogP contribution in [-0.4, -0.2) is 50.6 Å². The van der Waals surface area contributed by atoms with Crippen LogP contribution in [0.1, 0.15) is 20.8 Å². The topological polar surface area (TPSA) is 74.9 Å². The molecule has 0 bridgehead atoms. The zero-order valence-electron chi connectivity index (χ0n) is 13.3. The first-order valence-corrected chi connectivity index (χ1v) is 6.87. The summed E-state index contributed by atoms with van der Waals surface area (Å²) in [7, 11) is 3.74. The molecule has 0 aromatic carbocycles. The fourth-order valence-electron chi connectivity index (χ4n) is 1.55. The van der Waals surface area contributed by atoms with Crippen molar-refractivity contribution in [3.8, 4) is 0 Å². The van der Waals surface area contributed by atoms with Crippen molar-refractivity contribution in [1.82, 2.24) is 15.7 Å². The second-order valence-electron chi connectivity index (χ2n) is 4.77. The first-order valence-electron chi connectivity index (χ1n) is 6.87. The van der Waals surface area contributed by atoms with E-state index in [1.807, 2.05) is 32.2 Å². The van der Waals surface area contributed by atoms with Crippen molar-refractivity contribution in [2.75, 3.05) is 27.2 Å². The minimum atomic E-state index is -0.0763. The Morgan fingerprint density at radius 1 is 1.45 bits per heavy atom. The minimum absolute atomic E-state index is 0.0763. The van der Waals surface area contributed by atoms with Gasteiger partial charge in [-0.05, 0) is 26.1 Å². The van der Waals surface area contributed by atoms with Gasteiger partial charge in [-0.15, -0.1) is 0 Å². The Morgan fingerprint density at radius 2 is 2.15 bits per heavy atom. The van der Waals surface area contributed by atoms with Gasteiger partial charge in [-0.3, -0.25) is 9.89 Å². The molecule has 0 spiro atoms. The molecule has 0 amide bonds. The first kappa shape index (κ1) is 18.6. The van der Waals surface area contributed by atoms with Gasteiger partial charge in [0.2, 0.25) is 0 Å². The van der Waals surface area contributed by atoms with E-state index in [1.165, 1.54) is 6.34 Å². The van der Waals surface area contributed by atoms with Crippen molar-refractivity contribution in [2.45, 2.75) is 33.0 Å². The van der Waals surface area contributed by atoms with Crippen LogP contribution in [0.25, 0.3) is 0 Å². The second-order valence-corrected chi connectivity index (χ2v) is 4.77. The van der Waals surface area contributed by atoms with Crippen LogP contribution < -0.4 is 16.5 Å². The summed E-state index contributed by atoms with van der Waals surface area (Å²) in [5.41, 5.74) is 8.03. The van der Waals surface area contributed by atoms with Gasteiger partial charge in [0.25, 0.3) is 0 Å². The lowest BCUT2D eigenvalue weighted by Gasteiger charge is -2.22. The van der Waals surface area contributed by atoms with Crippen LogP contribution in [-0.2, 0) is 4.84 Å². The largest absolute Gasteiger partial charge is 0.414 e. The second kappa shape index (κ2) is 11.5. The SMILES string of the molecule is CNO/C(C)=C/C=C/C(N=CN)N(C)CCNC(C)C. The van der Waals surface area contributed by atoms with Crippen LogP contribution in [0.2, 0.25) is 0 Å². The minimum Gasteiger partial charge on any atom is -0.414 e. The van der Waals surface area contributed by atoms with Gasteiger partial charge >= 0.3 is 0 Å². The molecule has 20 heavy (non-hydrogen) atoms. The van der Waals surface area contributed by atoms with E-state index in [4.69, 9.17) is 10.6 Å². The molecule has 0 aromatic rings. The quantitative estimate of drug-likeness (QED) is 0.182. The highest BCUT2D eigenvalue weighted by Crippen LogP contribution is 2.01. The molecule has 0 aliphatic rings. The van der Waals surface area contributed by atoms with Gasteiger partial charge in [-0.1, -0.05) is 19.9 Å². The maximum absolute atomic E-state index is 5.41. The Labute approximate surface area is 122 Å². The predicted molar refractivity (Wildman–Crippen MR) is 85.3 cm³/mol. The Kier molecular flexibility index (Phi) is 10.7. The van der Waals surface area contributed by atoms with Gasteiger partial charge in [0.05, 0.1) is 6.34 Å². The molecule has 0 aromatic heterocycles. The van der Waals surface area contributed by atoms with Crippen LogP contribution in [0.15, 0.2) is 29.0 Å². The average Bonchev–Trinajstić information content (AvgIpc) is 2.37. The maximum Gasteiger partial charge on any atom is 0.122 e. The molecule has 4 N–H and O–H groups in total. The van der Waals surface area contributed by atoms with E-state index in [0.717, 1.165) is 18.8 Å². The van der Waals surface area contributed by atoms with Gasteiger partial charge in [0, 0.05) is 26.2 Å². The third-order valence-corrected chi connectivity index (χ3v) is 2.58. The van der Waals surface area contributed by atoms with Gasteiger partial charge in [0.15, 0.2) is 0 Å². The number of nitrogens with zero attached hydrogens (tertiary/aromatic N) is 2. The smallest absolute Gasteiger partial charge is 0.122 e. The normalized spacial score (nSPS) is 14.8. The highest BCUT2D eigenvalue weighted by atomic mass is 16.6. The Bertz CT molecular complexity index is 326. The van der Waals surface area contributed by atoms with E-state index < -0.39 is 0 Å². The highest BCUT2D eigenvalue weighted by Gasteiger charge is 2.08. The van der Waals surface area contributed by atoms with Crippen LogP contribution in [0.5, 0.6) is 0 Å². The third-order valence-electron chi connectivity index (χ3n) is 2.58. The monoisotopic (exact) mass is 283 g/mol. The van der Waals surface area contributed by atoms with Gasteiger partial charge in [0.1, 0.15) is 11.9 Å². The molecular weight excluding hydrogens is 254 g/mol. The maximum atomic E-state index is 5.41. The lowest BCUT2D eigenvalue weighted by molar-refractivity contribution is 0.128. The fourth-order valence-corrected chi connectivity index (χ4v) is 1.55. The number of aliphatic imine (C=N–C) groups is 1. The van der Waals surface area contributed by atoms with Crippen LogP contribution in [0, 0.1) is 0 Å². The van der Waals surface area contributed by atoms with Gasteiger partial charge < -0.3 is 15.9 Å². The van der Waals surface area contributed by atoms with Crippen molar-refractivity contribution in [1.29, 1.82) is 0 Å². The summed E-state index contributed by atoms with van der Waals surface area (Å²) < 4.78 is 0. The number of hydroxylamine groups is 1. The van der Waals surface area contributed by atoms with E-state index in [-0.39, 0.29) is 6.17 Å². The molecule has 6 nitrogen and oxygen atoms in total. The number of allylic oxidation sites excluding steroid dienone is 3. The average molecular weight is 283 g/mol. The standard InChI is InChI=1S/C14H29N5O/c1-12(2)17-9-10-19(5)14(18-11-15)8-6-7-13(3)20-16-4/h6-8,11-12,14,16-17H,9-10H2,1-5H3,(H2,15,18)/b8-6+,13-7+. The third kappa shape index (κ3) is 9.55. The molecule has 116 valence electrons. The van der Waals surface area contributed by atoms with E-state index in [0.29, 0.717) is 6.04 Å². The molecule has 0 rings (SSSR count). The number of nitrogens with two attached hydrogens (primary N) is 1. The summed E-state index contributed by atoms with van der Waals surface area (Å²) >= 11 is 0. The Morgan fingerprint density at radius 3 is 2.70 bits per heavy atom. The molecule has 0 aliphatic carbocycles. The van der Waals surface area contributed by atoms with Gasteiger partial charge in [-0.25, -0.2) is 0 Å². The lowest BCUT2D eigenvalue weighted by atomic mass is 10.3. The number of rotatable bonds is 10. The number of nitrogens with one attached hydrogen (secondary N) is 2. The summed E-state index contributed by atoms with van der Waals surface area (Å²) in [4.78, 5) is 11.5. The Hall–Kier alpha value is -1.37. The van der Waals surface area contributed by atoms with Crippen LogP contribution in [0.4, 0.5) is 0 Å². The summed E-state index contributed by atoms with van der Waals surface area (Å²) in [5, 5.41) is 3.38. The van der Waals surface area contributed by atoms with Crippen molar-refractivity contribution in [3.05, 3.63) is 24.0 Å². The fraction of sp³-hybridized carbons (Fsp3) is 0.643. The van der Waals surface area contributed by atoms with Crippen LogP contribution in [0.3, 0.4) is 0 Å². The zero-order chi connectivity index (χ0) is 15.4. The molecule has 1 unspecified atom stereocenters. The summed E-state index contributed by atoms with van der Waals surface area (Å²) in [6, 6.07) is 0.486. The summed E-state index contributed by atoms with van der Waals surface area (Å²) in [6.45, 7) is 7.93. The number of hydrogen-bond donors (Lipinski definition) is 3. The van der Waals surface area contributed by atoms with Crippen molar-refractivity contribution >= 4 is 6.34 Å². The molecule has 1 atom stereocenters. The molecule has 0 fully saturated rings. The summed E-state index contributed by atoms with van der Waals surface area (Å²) in [5.74, 6) is 0.781.